The standard InChI is InChI=1S/C18H29NO2/c1-4-7-8-15-9-11-16(12-10-15)13-17(20)19-14-18(21,5-2)6-3/h9-12,21H,4-8,13-14H2,1-3H3,(H,19,20). The van der Waals surface area contributed by atoms with Crippen LogP contribution in [-0.2, 0) is 17.6 Å². The number of unbranched alkanes of at least 4 members (excludes halogenated alkanes) is 1. The van der Waals surface area contributed by atoms with Crippen molar-refractivity contribution in [2.45, 2.75) is 64.9 Å². The Morgan fingerprint density at radius 1 is 1.10 bits per heavy atom. The maximum atomic E-state index is 11.9. The van der Waals surface area contributed by atoms with E-state index < -0.39 is 5.60 Å². The average molecular weight is 291 g/mol. The Hall–Kier alpha value is -1.35. The molecule has 0 radical (unpaired) electrons. The molecule has 1 aromatic carbocycles. The summed E-state index contributed by atoms with van der Waals surface area (Å²) in [5, 5.41) is 13.0. The molecule has 0 saturated carbocycles. The molecule has 118 valence electrons. The minimum Gasteiger partial charge on any atom is -0.388 e. The smallest absolute Gasteiger partial charge is 0.224 e. The predicted octanol–water partition coefficient (Wildman–Crippen LogP) is 3.24. The molecule has 21 heavy (non-hydrogen) atoms. The fourth-order valence-corrected chi connectivity index (χ4v) is 2.22. The summed E-state index contributed by atoms with van der Waals surface area (Å²) in [4.78, 5) is 11.9. The number of hydrogen-bond donors (Lipinski definition) is 2. The lowest BCUT2D eigenvalue weighted by Gasteiger charge is -2.25. The Balaban J connectivity index is 2.44. The van der Waals surface area contributed by atoms with E-state index in [0.717, 1.165) is 12.0 Å². The number of nitrogens with one attached hydrogen (secondary N) is 1. The Morgan fingerprint density at radius 3 is 2.19 bits per heavy atom. The highest BCUT2D eigenvalue weighted by Gasteiger charge is 2.22. The van der Waals surface area contributed by atoms with Crippen LogP contribution in [0.2, 0.25) is 0 Å². The number of carbonyl (C=O) groups excluding carboxylic acids is 1. The van der Waals surface area contributed by atoms with E-state index in [9.17, 15) is 9.90 Å². The Labute approximate surface area is 128 Å². The maximum Gasteiger partial charge on any atom is 0.224 e. The normalized spacial score (nSPS) is 11.4. The fourth-order valence-electron chi connectivity index (χ4n) is 2.22. The first-order valence-corrected chi connectivity index (χ1v) is 8.10. The Bertz CT molecular complexity index is 421. The molecule has 0 aliphatic heterocycles. The van der Waals surface area contributed by atoms with Gasteiger partial charge in [-0.05, 0) is 36.8 Å². The van der Waals surface area contributed by atoms with Crippen LogP contribution < -0.4 is 5.32 Å². The third-order valence-corrected chi connectivity index (χ3v) is 4.14. The van der Waals surface area contributed by atoms with Crippen LogP contribution in [0.3, 0.4) is 0 Å². The molecule has 3 heteroatoms. The number of aryl methyl sites for hydroxylation is 1. The van der Waals surface area contributed by atoms with Crippen LogP contribution in [0.1, 0.15) is 57.6 Å². The molecular weight excluding hydrogens is 262 g/mol. The molecule has 0 aromatic heterocycles. The van der Waals surface area contributed by atoms with Gasteiger partial charge in [0.1, 0.15) is 0 Å². The van der Waals surface area contributed by atoms with E-state index in [-0.39, 0.29) is 5.91 Å². The highest BCUT2D eigenvalue weighted by atomic mass is 16.3. The lowest BCUT2D eigenvalue weighted by Crippen LogP contribution is -2.42. The van der Waals surface area contributed by atoms with Crippen molar-refractivity contribution in [3.63, 3.8) is 0 Å². The minimum atomic E-state index is -0.778. The van der Waals surface area contributed by atoms with Gasteiger partial charge in [-0.1, -0.05) is 51.5 Å². The van der Waals surface area contributed by atoms with E-state index in [4.69, 9.17) is 0 Å². The first kappa shape index (κ1) is 17.7. The Morgan fingerprint density at radius 2 is 1.67 bits per heavy atom. The lowest BCUT2D eigenvalue weighted by molar-refractivity contribution is -0.121. The third-order valence-electron chi connectivity index (χ3n) is 4.14. The van der Waals surface area contributed by atoms with Gasteiger partial charge in [0, 0.05) is 6.54 Å². The summed E-state index contributed by atoms with van der Waals surface area (Å²) < 4.78 is 0. The molecule has 0 spiro atoms. The van der Waals surface area contributed by atoms with Crippen molar-refractivity contribution in [2.24, 2.45) is 0 Å². The summed E-state index contributed by atoms with van der Waals surface area (Å²) in [6.07, 6.45) is 5.17. The molecule has 0 heterocycles. The van der Waals surface area contributed by atoms with Crippen LogP contribution in [0.5, 0.6) is 0 Å². The second-order valence-electron chi connectivity index (χ2n) is 5.81. The van der Waals surface area contributed by atoms with Gasteiger partial charge in [0.15, 0.2) is 0 Å². The summed E-state index contributed by atoms with van der Waals surface area (Å²) in [5.41, 5.74) is 1.57. The van der Waals surface area contributed by atoms with Gasteiger partial charge < -0.3 is 10.4 Å². The summed E-state index contributed by atoms with van der Waals surface area (Å²) >= 11 is 0. The van der Waals surface area contributed by atoms with Gasteiger partial charge in [-0.25, -0.2) is 0 Å². The van der Waals surface area contributed by atoms with Crippen LogP contribution >= 0.6 is 0 Å². The fraction of sp³-hybridized carbons (Fsp3) is 0.611. The number of amides is 1. The summed E-state index contributed by atoms with van der Waals surface area (Å²) in [7, 11) is 0. The van der Waals surface area contributed by atoms with Gasteiger partial charge in [-0.3, -0.25) is 4.79 Å². The van der Waals surface area contributed by atoms with Crippen LogP contribution in [0.4, 0.5) is 0 Å². The van der Waals surface area contributed by atoms with Crippen LogP contribution in [-0.4, -0.2) is 23.2 Å². The summed E-state index contributed by atoms with van der Waals surface area (Å²) in [5.74, 6) is -0.0309. The highest BCUT2D eigenvalue weighted by molar-refractivity contribution is 5.78. The van der Waals surface area contributed by atoms with Crippen molar-refractivity contribution in [2.75, 3.05) is 6.54 Å². The number of benzene rings is 1. The van der Waals surface area contributed by atoms with Gasteiger partial charge in [0.2, 0.25) is 5.91 Å². The zero-order chi connectivity index (χ0) is 15.7. The SMILES string of the molecule is CCCCc1ccc(CC(=O)NCC(O)(CC)CC)cc1. The number of aliphatic hydroxyl groups is 1. The molecular formula is C18H29NO2. The van der Waals surface area contributed by atoms with Crippen molar-refractivity contribution in [1.29, 1.82) is 0 Å². The lowest BCUT2D eigenvalue weighted by atomic mass is 9.97. The molecule has 0 aliphatic carbocycles. The molecule has 0 aliphatic rings. The molecule has 1 aromatic rings. The number of carbonyl (C=O) groups is 1. The largest absolute Gasteiger partial charge is 0.388 e. The second-order valence-corrected chi connectivity index (χ2v) is 5.81. The average Bonchev–Trinajstić information content (AvgIpc) is 2.52. The Kier molecular flexibility index (Phi) is 7.44. The first-order valence-electron chi connectivity index (χ1n) is 8.10. The zero-order valence-electron chi connectivity index (χ0n) is 13.6. The van der Waals surface area contributed by atoms with E-state index in [1.54, 1.807) is 0 Å². The van der Waals surface area contributed by atoms with Gasteiger partial charge in [0.25, 0.3) is 0 Å². The van der Waals surface area contributed by atoms with Gasteiger partial charge >= 0.3 is 0 Å². The summed E-state index contributed by atoms with van der Waals surface area (Å²) in [6.45, 7) is 6.38. The van der Waals surface area contributed by atoms with Crippen LogP contribution in [0, 0.1) is 0 Å². The minimum absolute atomic E-state index is 0.0309. The van der Waals surface area contributed by atoms with Crippen LogP contribution in [0.25, 0.3) is 0 Å². The van der Waals surface area contributed by atoms with Gasteiger partial charge in [0.05, 0.1) is 12.0 Å². The molecule has 0 saturated heterocycles. The number of hydrogen-bond acceptors (Lipinski definition) is 2. The molecule has 0 unspecified atom stereocenters. The molecule has 0 atom stereocenters. The van der Waals surface area contributed by atoms with E-state index in [0.29, 0.717) is 25.8 Å². The monoisotopic (exact) mass is 291 g/mol. The zero-order valence-corrected chi connectivity index (χ0v) is 13.6. The molecule has 2 N–H and O–H groups in total. The topological polar surface area (TPSA) is 49.3 Å². The summed E-state index contributed by atoms with van der Waals surface area (Å²) in [6, 6.07) is 8.26. The molecule has 3 nitrogen and oxygen atoms in total. The van der Waals surface area contributed by atoms with Gasteiger partial charge in [-0.15, -0.1) is 0 Å². The molecule has 0 fully saturated rings. The van der Waals surface area contributed by atoms with Crippen molar-refractivity contribution in [1.82, 2.24) is 5.32 Å². The quantitative estimate of drug-likeness (QED) is 0.734. The third kappa shape index (κ3) is 6.30. The number of rotatable bonds is 9. The van der Waals surface area contributed by atoms with Crippen molar-refractivity contribution in [3.05, 3.63) is 35.4 Å². The first-order chi connectivity index (χ1) is 10.0. The highest BCUT2D eigenvalue weighted by Crippen LogP contribution is 2.13. The van der Waals surface area contributed by atoms with E-state index in [1.807, 2.05) is 26.0 Å². The van der Waals surface area contributed by atoms with Crippen molar-refractivity contribution >= 4 is 5.91 Å². The molecule has 1 amide bonds. The van der Waals surface area contributed by atoms with E-state index >= 15 is 0 Å². The van der Waals surface area contributed by atoms with E-state index in [1.165, 1.54) is 18.4 Å². The van der Waals surface area contributed by atoms with Crippen molar-refractivity contribution in [3.8, 4) is 0 Å². The van der Waals surface area contributed by atoms with Crippen molar-refractivity contribution < 1.29 is 9.90 Å². The van der Waals surface area contributed by atoms with Gasteiger partial charge in [-0.2, -0.15) is 0 Å². The predicted molar refractivity (Wildman–Crippen MR) is 87.3 cm³/mol. The maximum absolute atomic E-state index is 11.9. The second kappa shape index (κ2) is 8.83. The molecule has 1 rings (SSSR count). The van der Waals surface area contributed by atoms with E-state index in [2.05, 4.69) is 24.4 Å². The van der Waals surface area contributed by atoms with Crippen LogP contribution in [0.15, 0.2) is 24.3 Å². The molecule has 0 bridgehead atoms.